The third-order valence-corrected chi connectivity index (χ3v) is 3.10. The molecule has 5 heteroatoms. The van der Waals surface area contributed by atoms with Crippen LogP contribution in [-0.2, 0) is 4.79 Å². The van der Waals surface area contributed by atoms with Crippen molar-refractivity contribution in [3.63, 3.8) is 0 Å². The predicted molar refractivity (Wildman–Crippen MR) is 71.3 cm³/mol. The van der Waals surface area contributed by atoms with Crippen LogP contribution in [0.4, 0.5) is 4.39 Å². The number of hydrogen-bond acceptors (Lipinski definition) is 2. The van der Waals surface area contributed by atoms with E-state index in [2.05, 4.69) is 5.32 Å². The molecule has 1 aromatic carbocycles. The van der Waals surface area contributed by atoms with Crippen LogP contribution in [0.2, 0.25) is 0 Å². The standard InChI is InChI=1S/C13H17FN2O.ClH/c1-2-13(17)16-7-6-15-9-12(16)10-4-3-5-11(14)8-10;/h3-5,8,12,15H,2,6-7,9H2,1H3;1H. The minimum atomic E-state index is -0.253. The minimum absolute atomic E-state index is 0. The second-order valence-corrected chi connectivity index (χ2v) is 4.22. The normalized spacial score (nSPS) is 19.2. The molecule has 1 atom stereocenters. The molecule has 1 aromatic rings. The van der Waals surface area contributed by atoms with Crippen LogP contribution in [0, 0.1) is 5.82 Å². The molecule has 0 aromatic heterocycles. The van der Waals surface area contributed by atoms with Crippen molar-refractivity contribution < 1.29 is 9.18 Å². The van der Waals surface area contributed by atoms with Gasteiger partial charge in [0, 0.05) is 26.1 Å². The SMILES string of the molecule is CCC(=O)N1CCNCC1c1cccc(F)c1.Cl. The lowest BCUT2D eigenvalue weighted by Gasteiger charge is -2.36. The summed E-state index contributed by atoms with van der Waals surface area (Å²) in [6, 6.07) is 6.44. The zero-order chi connectivity index (χ0) is 12.3. The molecule has 0 bridgehead atoms. The molecule has 0 saturated carbocycles. The Labute approximate surface area is 113 Å². The Kier molecular flexibility index (Phi) is 5.56. The van der Waals surface area contributed by atoms with Gasteiger partial charge in [-0.1, -0.05) is 19.1 Å². The topological polar surface area (TPSA) is 32.3 Å². The van der Waals surface area contributed by atoms with Gasteiger partial charge in [0.25, 0.3) is 0 Å². The maximum atomic E-state index is 13.2. The number of nitrogens with one attached hydrogen (secondary N) is 1. The molecule has 3 nitrogen and oxygen atoms in total. The number of carbonyl (C=O) groups excluding carboxylic acids is 1. The number of benzene rings is 1. The zero-order valence-corrected chi connectivity index (χ0v) is 11.2. The van der Waals surface area contributed by atoms with Crippen LogP contribution in [0.25, 0.3) is 0 Å². The first kappa shape index (κ1) is 14.9. The van der Waals surface area contributed by atoms with E-state index < -0.39 is 0 Å². The van der Waals surface area contributed by atoms with E-state index in [1.807, 2.05) is 17.9 Å². The van der Waals surface area contributed by atoms with Crippen molar-refractivity contribution in [2.75, 3.05) is 19.6 Å². The number of halogens is 2. The van der Waals surface area contributed by atoms with E-state index in [1.54, 1.807) is 6.07 Å². The molecule has 1 heterocycles. The van der Waals surface area contributed by atoms with Gasteiger partial charge in [-0.2, -0.15) is 0 Å². The van der Waals surface area contributed by atoms with E-state index in [-0.39, 0.29) is 30.2 Å². The van der Waals surface area contributed by atoms with Gasteiger partial charge in [-0.25, -0.2) is 4.39 Å². The summed E-state index contributed by atoms with van der Waals surface area (Å²) in [5.74, 6) is -0.127. The van der Waals surface area contributed by atoms with Crippen molar-refractivity contribution >= 4 is 18.3 Å². The highest BCUT2D eigenvalue weighted by molar-refractivity contribution is 5.85. The lowest BCUT2D eigenvalue weighted by atomic mass is 10.0. The molecule has 1 unspecified atom stereocenters. The molecule has 0 aliphatic carbocycles. The maximum Gasteiger partial charge on any atom is 0.222 e. The van der Waals surface area contributed by atoms with E-state index in [0.717, 1.165) is 12.1 Å². The first-order valence-corrected chi connectivity index (χ1v) is 5.98. The van der Waals surface area contributed by atoms with Gasteiger partial charge in [-0.05, 0) is 17.7 Å². The van der Waals surface area contributed by atoms with Crippen LogP contribution in [0.3, 0.4) is 0 Å². The second kappa shape index (κ2) is 6.71. The molecule has 100 valence electrons. The molecule has 1 aliphatic heterocycles. The van der Waals surface area contributed by atoms with Crippen LogP contribution in [-0.4, -0.2) is 30.4 Å². The van der Waals surface area contributed by atoms with E-state index in [1.165, 1.54) is 12.1 Å². The fraction of sp³-hybridized carbons (Fsp3) is 0.462. The molecule has 1 fully saturated rings. The first-order chi connectivity index (χ1) is 8.22. The Hall–Kier alpha value is -1.13. The lowest BCUT2D eigenvalue weighted by Crippen LogP contribution is -2.48. The summed E-state index contributed by atoms with van der Waals surface area (Å²) in [6.07, 6.45) is 0.492. The Morgan fingerprint density at radius 2 is 2.33 bits per heavy atom. The quantitative estimate of drug-likeness (QED) is 0.895. The van der Waals surface area contributed by atoms with Crippen molar-refractivity contribution in [3.8, 4) is 0 Å². The Morgan fingerprint density at radius 1 is 1.56 bits per heavy atom. The van der Waals surface area contributed by atoms with Crippen molar-refractivity contribution in [1.82, 2.24) is 10.2 Å². The molecule has 1 amide bonds. The number of piperazine rings is 1. The number of rotatable bonds is 2. The molecule has 1 saturated heterocycles. The Balaban J connectivity index is 0.00000162. The fourth-order valence-electron chi connectivity index (χ4n) is 2.22. The monoisotopic (exact) mass is 272 g/mol. The number of hydrogen-bond donors (Lipinski definition) is 1. The maximum absolute atomic E-state index is 13.2. The first-order valence-electron chi connectivity index (χ1n) is 5.98. The predicted octanol–water partition coefficient (Wildman–Crippen LogP) is 2.13. The van der Waals surface area contributed by atoms with Crippen molar-refractivity contribution in [2.45, 2.75) is 19.4 Å². The van der Waals surface area contributed by atoms with Gasteiger partial charge in [-0.15, -0.1) is 12.4 Å². The molecular weight excluding hydrogens is 255 g/mol. The van der Waals surface area contributed by atoms with Gasteiger partial charge < -0.3 is 10.2 Å². The van der Waals surface area contributed by atoms with E-state index in [0.29, 0.717) is 19.5 Å². The third kappa shape index (κ3) is 3.21. The van der Waals surface area contributed by atoms with Crippen LogP contribution >= 0.6 is 12.4 Å². The zero-order valence-electron chi connectivity index (χ0n) is 10.4. The van der Waals surface area contributed by atoms with Gasteiger partial charge in [0.05, 0.1) is 6.04 Å². The minimum Gasteiger partial charge on any atom is -0.333 e. The molecule has 0 radical (unpaired) electrons. The highest BCUT2D eigenvalue weighted by Crippen LogP contribution is 2.23. The Bertz CT molecular complexity index is 414. The molecular formula is C13H18ClFN2O. The smallest absolute Gasteiger partial charge is 0.222 e. The molecule has 2 rings (SSSR count). The average Bonchev–Trinajstić information content (AvgIpc) is 2.38. The summed E-state index contributed by atoms with van der Waals surface area (Å²) in [7, 11) is 0. The largest absolute Gasteiger partial charge is 0.333 e. The molecule has 1 aliphatic rings. The van der Waals surface area contributed by atoms with Gasteiger partial charge in [0.1, 0.15) is 5.82 Å². The van der Waals surface area contributed by atoms with Gasteiger partial charge in [0.2, 0.25) is 5.91 Å². The van der Waals surface area contributed by atoms with Crippen LogP contribution in [0.1, 0.15) is 24.9 Å². The van der Waals surface area contributed by atoms with Crippen molar-refractivity contribution in [3.05, 3.63) is 35.6 Å². The number of nitrogens with zero attached hydrogens (tertiary/aromatic N) is 1. The number of amides is 1. The highest BCUT2D eigenvalue weighted by Gasteiger charge is 2.26. The highest BCUT2D eigenvalue weighted by atomic mass is 35.5. The lowest BCUT2D eigenvalue weighted by molar-refractivity contribution is -0.134. The average molecular weight is 273 g/mol. The molecule has 0 spiro atoms. The van der Waals surface area contributed by atoms with E-state index >= 15 is 0 Å². The van der Waals surface area contributed by atoms with Crippen LogP contribution in [0.15, 0.2) is 24.3 Å². The molecule has 18 heavy (non-hydrogen) atoms. The molecule has 1 N–H and O–H groups in total. The van der Waals surface area contributed by atoms with Gasteiger partial charge in [0.15, 0.2) is 0 Å². The Morgan fingerprint density at radius 3 is 3.00 bits per heavy atom. The van der Waals surface area contributed by atoms with Crippen molar-refractivity contribution in [1.29, 1.82) is 0 Å². The fourth-order valence-corrected chi connectivity index (χ4v) is 2.22. The summed E-state index contributed by atoms with van der Waals surface area (Å²) in [5, 5.41) is 3.25. The van der Waals surface area contributed by atoms with E-state index in [4.69, 9.17) is 0 Å². The summed E-state index contributed by atoms with van der Waals surface area (Å²) in [4.78, 5) is 13.7. The second-order valence-electron chi connectivity index (χ2n) is 4.22. The van der Waals surface area contributed by atoms with E-state index in [9.17, 15) is 9.18 Å². The summed E-state index contributed by atoms with van der Waals surface area (Å²) < 4.78 is 13.2. The number of carbonyl (C=O) groups is 1. The van der Waals surface area contributed by atoms with Gasteiger partial charge in [-0.3, -0.25) is 4.79 Å². The summed E-state index contributed by atoms with van der Waals surface area (Å²) >= 11 is 0. The van der Waals surface area contributed by atoms with Crippen molar-refractivity contribution in [2.24, 2.45) is 0 Å². The third-order valence-electron chi connectivity index (χ3n) is 3.10. The summed E-state index contributed by atoms with van der Waals surface area (Å²) in [5.41, 5.74) is 0.860. The van der Waals surface area contributed by atoms with Crippen LogP contribution < -0.4 is 5.32 Å². The van der Waals surface area contributed by atoms with Gasteiger partial charge >= 0.3 is 0 Å². The summed E-state index contributed by atoms with van der Waals surface area (Å²) in [6.45, 7) is 4.04. The van der Waals surface area contributed by atoms with Crippen LogP contribution in [0.5, 0.6) is 0 Å².